The summed E-state index contributed by atoms with van der Waals surface area (Å²) >= 11 is 0. The molecule has 0 bridgehead atoms. The van der Waals surface area contributed by atoms with Crippen LogP contribution in [0.4, 0.5) is 10.5 Å². The highest BCUT2D eigenvalue weighted by atomic mass is 16.6. The third-order valence-electron chi connectivity index (χ3n) is 6.44. The zero-order chi connectivity index (χ0) is 24.9. The van der Waals surface area contributed by atoms with E-state index in [4.69, 9.17) is 9.47 Å². The molecule has 0 aliphatic carbocycles. The summed E-state index contributed by atoms with van der Waals surface area (Å²) in [6, 6.07) is 19.5. The number of carbonyl (C=O) groups is 1. The maximum atomic E-state index is 12.5. The van der Waals surface area contributed by atoms with Crippen LogP contribution in [0.25, 0.3) is 0 Å². The summed E-state index contributed by atoms with van der Waals surface area (Å²) in [5.74, 6) is 0.875. The number of likely N-dealkylation sites (N-methyl/N-ethyl adjacent to an activating group) is 1. The molecule has 0 N–H and O–H groups in total. The number of benzene rings is 2. The van der Waals surface area contributed by atoms with Gasteiger partial charge in [0, 0.05) is 45.2 Å². The maximum Gasteiger partial charge on any atom is 0.410 e. The van der Waals surface area contributed by atoms with E-state index in [1.54, 1.807) is 11.9 Å². The van der Waals surface area contributed by atoms with Gasteiger partial charge in [-0.15, -0.1) is 0 Å². The maximum absolute atomic E-state index is 12.5. The zero-order valence-electron chi connectivity index (χ0n) is 21.8. The van der Waals surface area contributed by atoms with Crippen molar-refractivity contribution in [2.24, 2.45) is 0 Å². The molecule has 6 heteroatoms. The Morgan fingerprint density at radius 1 is 1.03 bits per heavy atom. The van der Waals surface area contributed by atoms with Gasteiger partial charge < -0.3 is 19.3 Å². The second-order valence-corrected chi connectivity index (χ2v) is 10.4. The van der Waals surface area contributed by atoms with Crippen molar-refractivity contribution in [2.75, 3.05) is 38.6 Å². The quantitative estimate of drug-likeness (QED) is 0.531. The normalized spacial score (nSPS) is 20.0. The second kappa shape index (κ2) is 11.1. The van der Waals surface area contributed by atoms with Crippen molar-refractivity contribution < 1.29 is 14.3 Å². The molecular formula is C28H41N3O3. The first-order chi connectivity index (χ1) is 16.0. The van der Waals surface area contributed by atoms with Gasteiger partial charge in [0.05, 0.1) is 5.69 Å². The first-order valence-corrected chi connectivity index (χ1v) is 12.3. The molecule has 1 unspecified atom stereocenters. The van der Waals surface area contributed by atoms with Crippen molar-refractivity contribution in [1.82, 2.24) is 9.80 Å². The zero-order valence-corrected chi connectivity index (χ0v) is 21.8. The predicted octanol–water partition coefficient (Wildman–Crippen LogP) is 5.59. The summed E-state index contributed by atoms with van der Waals surface area (Å²) < 4.78 is 12.2. The van der Waals surface area contributed by atoms with Crippen molar-refractivity contribution in [3.8, 4) is 5.75 Å². The Morgan fingerprint density at radius 2 is 1.62 bits per heavy atom. The number of nitrogens with zero attached hydrogens (tertiary/aromatic N) is 3. The predicted molar refractivity (Wildman–Crippen MR) is 139 cm³/mol. The fourth-order valence-corrected chi connectivity index (χ4v) is 4.28. The summed E-state index contributed by atoms with van der Waals surface area (Å²) in [6.45, 7) is 12.6. The summed E-state index contributed by atoms with van der Waals surface area (Å²) in [5, 5.41) is 0. The van der Waals surface area contributed by atoms with Crippen molar-refractivity contribution in [3.63, 3.8) is 0 Å². The van der Waals surface area contributed by atoms with Gasteiger partial charge in [-0.25, -0.2) is 4.79 Å². The van der Waals surface area contributed by atoms with E-state index in [2.05, 4.69) is 61.0 Å². The van der Waals surface area contributed by atoms with Crippen LogP contribution < -0.4 is 9.64 Å². The largest absolute Gasteiger partial charge is 0.483 e. The summed E-state index contributed by atoms with van der Waals surface area (Å²) in [7, 11) is 3.97. The number of para-hydroxylation sites is 2. The average Bonchev–Trinajstić information content (AvgIpc) is 2.79. The van der Waals surface area contributed by atoms with E-state index in [0.717, 1.165) is 30.1 Å². The lowest BCUT2D eigenvalue weighted by Gasteiger charge is -2.44. The van der Waals surface area contributed by atoms with Crippen molar-refractivity contribution in [2.45, 2.75) is 64.8 Å². The lowest BCUT2D eigenvalue weighted by molar-refractivity contribution is 0.0278. The molecule has 34 heavy (non-hydrogen) atoms. The van der Waals surface area contributed by atoms with Gasteiger partial charge in [0.1, 0.15) is 17.5 Å². The Bertz CT molecular complexity index is 916. The number of piperazine rings is 1. The van der Waals surface area contributed by atoms with E-state index in [0.29, 0.717) is 25.0 Å². The first-order valence-electron chi connectivity index (χ1n) is 12.3. The van der Waals surface area contributed by atoms with Crippen LogP contribution >= 0.6 is 0 Å². The number of amides is 1. The van der Waals surface area contributed by atoms with Crippen LogP contribution in [0.2, 0.25) is 0 Å². The lowest BCUT2D eigenvalue weighted by atomic mass is 10.1. The van der Waals surface area contributed by atoms with Crippen LogP contribution in [-0.2, 0) is 4.74 Å². The van der Waals surface area contributed by atoms with Crippen molar-refractivity contribution in [1.29, 1.82) is 0 Å². The Kier molecular flexibility index (Phi) is 8.47. The minimum Gasteiger partial charge on any atom is -0.483 e. The molecule has 1 heterocycles. The molecule has 1 fully saturated rings. The molecule has 0 aromatic heterocycles. The van der Waals surface area contributed by atoms with Crippen LogP contribution in [-0.4, -0.2) is 67.3 Å². The van der Waals surface area contributed by atoms with Crippen LogP contribution in [0.1, 0.15) is 52.7 Å². The molecule has 3 atom stereocenters. The number of carbonyl (C=O) groups excluding carboxylic acids is 1. The van der Waals surface area contributed by atoms with E-state index < -0.39 is 5.60 Å². The fourth-order valence-electron chi connectivity index (χ4n) is 4.28. The molecule has 1 saturated heterocycles. The molecule has 1 amide bonds. The van der Waals surface area contributed by atoms with Crippen LogP contribution in [0.15, 0.2) is 54.6 Å². The number of anilines is 1. The van der Waals surface area contributed by atoms with Crippen LogP contribution in [0.5, 0.6) is 5.75 Å². The van der Waals surface area contributed by atoms with Gasteiger partial charge in [-0.05, 0) is 59.4 Å². The number of ether oxygens (including phenoxy) is 2. The Balaban J connectivity index is 1.78. The van der Waals surface area contributed by atoms with Gasteiger partial charge in [0.15, 0.2) is 0 Å². The highest BCUT2D eigenvalue weighted by molar-refractivity contribution is 5.67. The van der Waals surface area contributed by atoms with E-state index in [1.807, 2.05) is 45.0 Å². The second-order valence-electron chi connectivity index (χ2n) is 10.4. The van der Waals surface area contributed by atoms with Gasteiger partial charge in [-0.3, -0.25) is 4.90 Å². The molecule has 1 aliphatic rings. The first kappa shape index (κ1) is 25.9. The minimum absolute atomic E-state index is 0.186. The molecule has 186 valence electrons. The molecule has 3 rings (SSSR count). The van der Waals surface area contributed by atoms with Crippen molar-refractivity contribution >= 4 is 11.8 Å². The van der Waals surface area contributed by atoms with E-state index in [-0.39, 0.29) is 12.2 Å². The average molecular weight is 468 g/mol. The van der Waals surface area contributed by atoms with Gasteiger partial charge in [-0.1, -0.05) is 42.5 Å². The molecule has 2 aromatic rings. The molecule has 1 aliphatic heterocycles. The van der Waals surface area contributed by atoms with E-state index in [1.165, 1.54) is 0 Å². The molecule has 2 aromatic carbocycles. The van der Waals surface area contributed by atoms with Crippen LogP contribution in [0, 0.1) is 0 Å². The topological polar surface area (TPSA) is 45.3 Å². The van der Waals surface area contributed by atoms with Crippen LogP contribution in [0.3, 0.4) is 0 Å². The smallest absolute Gasteiger partial charge is 0.410 e. The summed E-state index contributed by atoms with van der Waals surface area (Å²) in [4.78, 5) is 19.0. The number of hydrogen-bond acceptors (Lipinski definition) is 5. The highest BCUT2D eigenvalue weighted by Crippen LogP contribution is 2.35. The summed E-state index contributed by atoms with van der Waals surface area (Å²) in [6.07, 6.45) is 0.151. The van der Waals surface area contributed by atoms with Gasteiger partial charge in [-0.2, -0.15) is 0 Å². The minimum atomic E-state index is -0.517. The lowest BCUT2D eigenvalue weighted by Crippen LogP contribution is -2.55. The number of hydrogen-bond donors (Lipinski definition) is 0. The third kappa shape index (κ3) is 6.89. The van der Waals surface area contributed by atoms with Crippen molar-refractivity contribution in [3.05, 3.63) is 60.2 Å². The molecule has 0 spiro atoms. The number of rotatable bonds is 7. The fraction of sp³-hybridized carbons (Fsp3) is 0.536. The van der Waals surface area contributed by atoms with Gasteiger partial charge in [0.2, 0.25) is 0 Å². The Morgan fingerprint density at radius 3 is 2.24 bits per heavy atom. The standard InChI is InChI=1S/C28H41N3O3/c1-21-19-31(20-22(2)30(21)7)24-15-11-12-16-26(24)33-25(23-13-9-8-10-14-23)17-18-29(6)27(32)34-28(3,4)5/h8-16,21-22,25H,17-20H2,1-7H3/t21-,22+,25?. The van der Waals surface area contributed by atoms with Gasteiger partial charge in [0.25, 0.3) is 0 Å². The monoisotopic (exact) mass is 467 g/mol. The van der Waals surface area contributed by atoms with Gasteiger partial charge >= 0.3 is 6.09 Å². The third-order valence-corrected chi connectivity index (χ3v) is 6.44. The van der Waals surface area contributed by atoms with E-state index in [9.17, 15) is 4.79 Å². The molecule has 0 saturated carbocycles. The Hall–Kier alpha value is -2.73. The summed E-state index contributed by atoms with van der Waals surface area (Å²) in [5.41, 5.74) is 1.70. The SMILES string of the molecule is C[C@@H]1CN(c2ccccc2OC(CCN(C)C(=O)OC(C)(C)C)c2ccccc2)C[C@H](C)N1C. The van der Waals surface area contributed by atoms with E-state index >= 15 is 0 Å². The Labute approximate surface area is 205 Å². The molecular weight excluding hydrogens is 426 g/mol. The molecule has 0 radical (unpaired) electrons. The highest BCUT2D eigenvalue weighted by Gasteiger charge is 2.29. The molecule has 6 nitrogen and oxygen atoms in total.